The average molecular weight is 127 g/mol. The average Bonchev–Trinajstić information content (AvgIpc) is 2.18. The van der Waals surface area contributed by atoms with Gasteiger partial charge in [-0.3, -0.25) is 4.79 Å². The molecule has 0 aromatic rings. The van der Waals surface area contributed by atoms with Crippen molar-refractivity contribution in [2.75, 3.05) is 6.61 Å². The van der Waals surface area contributed by atoms with Gasteiger partial charge >= 0.3 is 5.97 Å². The van der Waals surface area contributed by atoms with E-state index in [0.29, 0.717) is 6.41 Å². The molecule has 0 aromatic carbocycles. The second-order valence-electron chi connectivity index (χ2n) is 1.48. The van der Waals surface area contributed by atoms with Crippen LogP contribution in [0.4, 0.5) is 0 Å². The number of carbonyl (C=O) groups is 2. The molecule has 0 aromatic heterocycles. The van der Waals surface area contributed by atoms with Crippen LogP contribution in [0.25, 0.3) is 0 Å². The second kappa shape index (κ2) is 2.30. The van der Waals surface area contributed by atoms with Crippen LogP contribution >= 0.6 is 0 Å². The lowest BCUT2D eigenvalue weighted by atomic mass is 10.4. The fourth-order valence-electron chi connectivity index (χ4n) is 0.543. The molecular weight excluding hydrogens is 122 g/mol. The standard InChI is InChI=1S/C5H5NO3/c7-3-6-4-1-2-9-5(4)8/h1,3H,2H2,(H,6,7). The molecule has 1 aliphatic rings. The van der Waals surface area contributed by atoms with Crippen LogP contribution in [-0.4, -0.2) is 19.0 Å². The topological polar surface area (TPSA) is 55.4 Å². The highest BCUT2D eigenvalue weighted by Gasteiger charge is 2.14. The minimum atomic E-state index is -0.470. The maximum absolute atomic E-state index is 10.5. The molecule has 0 bridgehead atoms. The van der Waals surface area contributed by atoms with Crippen LogP contribution in [0, 0.1) is 0 Å². The first-order chi connectivity index (χ1) is 4.34. The van der Waals surface area contributed by atoms with Crippen LogP contribution in [0.15, 0.2) is 11.8 Å². The van der Waals surface area contributed by atoms with Crippen molar-refractivity contribution < 1.29 is 14.3 Å². The van der Waals surface area contributed by atoms with Gasteiger partial charge in [-0.2, -0.15) is 0 Å². The SMILES string of the molecule is O=CNC1=CCOC1=O. The van der Waals surface area contributed by atoms with Gasteiger partial charge in [0.25, 0.3) is 0 Å². The van der Waals surface area contributed by atoms with Crippen LogP contribution in [0.3, 0.4) is 0 Å². The largest absolute Gasteiger partial charge is 0.457 e. The zero-order valence-electron chi connectivity index (χ0n) is 4.59. The lowest BCUT2D eigenvalue weighted by molar-refractivity contribution is -0.136. The van der Waals surface area contributed by atoms with E-state index in [4.69, 9.17) is 0 Å². The molecule has 48 valence electrons. The Bertz CT molecular complexity index is 173. The summed E-state index contributed by atoms with van der Waals surface area (Å²) in [6, 6.07) is 0. The molecule has 0 fully saturated rings. The highest BCUT2D eigenvalue weighted by atomic mass is 16.5. The predicted octanol–water partition coefficient (Wildman–Crippen LogP) is -0.827. The molecule has 0 spiro atoms. The van der Waals surface area contributed by atoms with Gasteiger partial charge in [0.1, 0.15) is 12.3 Å². The van der Waals surface area contributed by atoms with E-state index >= 15 is 0 Å². The normalized spacial score (nSPS) is 16.4. The Morgan fingerprint density at radius 1 is 1.78 bits per heavy atom. The maximum atomic E-state index is 10.5. The number of esters is 1. The van der Waals surface area contributed by atoms with E-state index in [-0.39, 0.29) is 12.3 Å². The summed E-state index contributed by atoms with van der Waals surface area (Å²) in [5.74, 6) is -0.470. The molecule has 1 amide bonds. The van der Waals surface area contributed by atoms with Crippen molar-refractivity contribution >= 4 is 12.4 Å². The first kappa shape index (κ1) is 5.81. The van der Waals surface area contributed by atoms with E-state index in [1.165, 1.54) is 6.08 Å². The Hall–Kier alpha value is -1.32. The fourth-order valence-corrected chi connectivity index (χ4v) is 0.543. The second-order valence-corrected chi connectivity index (χ2v) is 1.48. The van der Waals surface area contributed by atoms with Gasteiger partial charge in [-0.15, -0.1) is 0 Å². The summed E-state index contributed by atoms with van der Waals surface area (Å²) < 4.78 is 4.47. The van der Waals surface area contributed by atoms with Crippen molar-refractivity contribution in [2.24, 2.45) is 0 Å². The molecule has 1 aliphatic heterocycles. The first-order valence-electron chi connectivity index (χ1n) is 2.42. The number of carbonyl (C=O) groups excluding carboxylic acids is 2. The Kier molecular flexibility index (Phi) is 1.48. The minimum Gasteiger partial charge on any atom is -0.457 e. The van der Waals surface area contributed by atoms with E-state index in [0.717, 1.165) is 0 Å². The summed E-state index contributed by atoms with van der Waals surface area (Å²) in [6.45, 7) is 0.259. The molecule has 0 radical (unpaired) electrons. The lowest BCUT2D eigenvalue weighted by Crippen LogP contribution is -2.15. The summed E-state index contributed by atoms with van der Waals surface area (Å²) in [4.78, 5) is 20.2. The molecule has 0 saturated heterocycles. The first-order valence-corrected chi connectivity index (χ1v) is 2.42. The van der Waals surface area contributed by atoms with Gasteiger partial charge in [0.05, 0.1) is 0 Å². The van der Waals surface area contributed by atoms with Gasteiger partial charge in [-0.1, -0.05) is 0 Å². The number of cyclic esters (lactones) is 1. The number of hydrogen-bond acceptors (Lipinski definition) is 3. The molecule has 4 nitrogen and oxygen atoms in total. The summed E-state index contributed by atoms with van der Waals surface area (Å²) in [5.41, 5.74) is 0.227. The van der Waals surface area contributed by atoms with Crippen LogP contribution in [0.5, 0.6) is 0 Å². The number of rotatable bonds is 2. The summed E-state index contributed by atoms with van der Waals surface area (Å²) >= 11 is 0. The number of nitrogens with one attached hydrogen (secondary N) is 1. The predicted molar refractivity (Wildman–Crippen MR) is 28.2 cm³/mol. The zero-order valence-corrected chi connectivity index (χ0v) is 4.59. The van der Waals surface area contributed by atoms with Gasteiger partial charge < -0.3 is 10.1 Å². The van der Waals surface area contributed by atoms with Gasteiger partial charge in [-0.05, 0) is 6.08 Å². The number of ether oxygens (including phenoxy) is 1. The highest BCUT2D eigenvalue weighted by molar-refractivity contribution is 5.91. The maximum Gasteiger partial charge on any atom is 0.354 e. The quantitative estimate of drug-likeness (QED) is 0.389. The molecule has 4 heteroatoms. The summed E-state index contributed by atoms with van der Waals surface area (Å²) in [6.07, 6.45) is 1.95. The van der Waals surface area contributed by atoms with E-state index in [9.17, 15) is 9.59 Å². The van der Waals surface area contributed by atoms with Gasteiger partial charge in [-0.25, -0.2) is 4.79 Å². The van der Waals surface area contributed by atoms with Crippen molar-refractivity contribution in [2.45, 2.75) is 0 Å². The number of hydrogen-bond donors (Lipinski definition) is 1. The third-order valence-corrected chi connectivity index (χ3v) is 0.936. The Morgan fingerprint density at radius 2 is 2.56 bits per heavy atom. The Morgan fingerprint density at radius 3 is 3.00 bits per heavy atom. The number of amides is 1. The summed E-state index contributed by atoms with van der Waals surface area (Å²) in [7, 11) is 0. The third-order valence-electron chi connectivity index (χ3n) is 0.936. The van der Waals surface area contributed by atoms with Gasteiger partial charge in [0.15, 0.2) is 0 Å². The zero-order chi connectivity index (χ0) is 6.69. The molecule has 9 heavy (non-hydrogen) atoms. The van der Waals surface area contributed by atoms with Crippen LogP contribution in [0.1, 0.15) is 0 Å². The molecule has 0 aliphatic carbocycles. The molecular formula is C5H5NO3. The summed E-state index contributed by atoms with van der Waals surface area (Å²) in [5, 5.41) is 2.20. The van der Waals surface area contributed by atoms with Crippen molar-refractivity contribution in [3.05, 3.63) is 11.8 Å². The van der Waals surface area contributed by atoms with Crippen molar-refractivity contribution in [1.82, 2.24) is 5.32 Å². The van der Waals surface area contributed by atoms with Crippen molar-refractivity contribution in [1.29, 1.82) is 0 Å². The smallest absolute Gasteiger partial charge is 0.354 e. The molecule has 1 N–H and O–H groups in total. The molecule has 1 rings (SSSR count). The van der Waals surface area contributed by atoms with Crippen molar-refractivity contribution in [3.63, 3.8) is 0 Å². The monoisotopic (exact) mass is 127 g/mol. The van der Waals surface area contributed by atoms with E-state index in [2.05, 4.69) is 10.1 Å². The molecule has 0 unspecified atom stereocenters. The van der Waals surface area contributed by atoms with Crippen LogP contribution < -0.4 is 5.32 Å². The van der Waals surface area contributed by atoms with E-state index in [1.807, 2.05) is 0 Å². The van der Waals surface area contributed by atoms with Crippen molar-refractivity contribution in [3.8, 4) is 0 Å². The van der Waals surface area contributed by atoms with Gasteiger partial charge in [0.2, 0.25) is 6.41 Å². The minimum absolute atomic E-state index is 0.227. The van der Waals surface area contributed by atoms with Gasteiger partial charge in [0, 0.05) is 0 Å². The fraction of sp³-hybridized carbons (Fsp3) is 0.200. The lowest BCUT2D eigenvalue weighted by Gasteiger charge is -1.92. The van der Waals surface area contributed by atoms with E-state index < -0.39 is 5.97 Å². The Balaban J connectivity index is 2.57. The molecule has 0 atom stereocenters. The van der Waals surface area contributed by atoms with E-state index in [1.54, 1.807) is 0 Å². The highest BCUT2D eigenvalue weighted by Crippen LogP contribution is 2.00. The Labute approximate surface area is 51.5 Å². The molecule has 1 heterocycles. The molecule has 0 saturated carbocycles. The van der Waals surface area contributed by atoms with Crippen LogP contribution in [-0.2, 0) is 14.3 Å². The third kappa shape index (κ3) is 1.07. The van der Waals surface area contributed by atoms with Crippen LogP contribution in [0.2, 0.25) is 0 Å².